The Hall–Kier alpha value is -2.12. The fourth-order valence-electron chi connectivity index (χ4n) is 2.08. The summed E-state index contributed by atoms with van der Waals surface area (Å²) in [6.07, 6.45) is 1.00. The van der Waals surface area contributed by atoms with Crippen molar-refractivity contribution in [1.82, 2.24) is 15.1 Å². The van der Waals surface area contributed by atoms with Crippen LogP contribution < -0.4 is 5.32 Å². The van der Waals surface area contributed by atoms with Crippen LogP contribution in [0.3, 0.4) is 0 Å². The summed E-state index contributed by atoms with van der Waals surface area (Å²) in [5.41, 5.74) is 0. The van der Waals surface area contributed by atoms with E-state index in [1.54, 1.807) is 6.92 Å². The zero-order valence-corrected chi connectivity index (χ0v) is 12.5. The van der Waals surface area contributed by atoms with Gasteiger partial charge in [0, 0.05) is 19.5 Å². The van der Waals surface area contributed by atoms with Crippen LogP contribution in [0.2, 0.25) is 0 Å². The number of aliphatic carboxylic acids is 1. The first-order valence-corrected chi connectivity index (χ1v) is 6.87. The molecule has 1 aliphatic heterocycles. The first kappa shape index (κ1) is 16.9. The van der Waals surface area contributed by atoms with Crippen LogP contribution >= 0.6 is 0 Å². The summed E-state index contributed by atoms with van der Waals surface area (Å²) < 4.78 is 0. The van der Waals surface area contributed by atoms with Crippen molar-refractivity contribution in [2.75, 3.05) is 13.6 Å². The number of imide groups is 1. The maximum atomic E-state index is 12.2. The topological polar surface area (TPSA) is 107 Å². The molecule has 0 aromatic carbocycles. The van der Waals surface area contributed by atoms with E-state index in [-0.39, 0.29) is 24.8 Å². The van der Waals surface area contributed by atoms with E-state index < -0.39 is 30.5 Å². The predicted molar refractivity (Wildman–Crippen MR) is 73.4 cm³/mol. The number of carboxylic acid groups (broad SMARTS) is 1. The third-order valence-corrected chi connectivity index (χ3v) is 3.64. The van der Waals surface area contributed by atoms with E-state index in [0.717, 1.165) is 4.90 Å². The number of nitrogens with zero attached hydrogens (tertiary/aromatic N) is 2. The monoisotopic (exact) mass is 299 g/mol. The SMILES string of the molecule is CCC(C)N(CC(=O)O)C(=O)NC1CCC(=O)N(C)C1=O. The second kappa shape index (κ2) is 7.05. The number of amides is 4. The van der Waals surface area contributed by atoms with Crippen molar-refractivity contribution in [2.45, 2.75) is 45.2 Å². The van der Waals surface area contributed by atoms with Gasteiger partial charge in [0.05, 0.1) is 0 Å². The van der Waals surface area contributed by atoms with Gasteiger partial charge in [0.2, 0.25) is 5.91 Å². The number of likely N-dealkylation sites (tertiary alicyclic amines) is 1. The fourth-order valence-corrected chi connectivity index (χ4v) is 2.08. The van der Waals surface area contributed by atoms with Crippen molar-refractivity contribution in [3.8, 4) is 0 Å². The maximum Gasteiger partial charge on any atom is 0.323 e. The molecule has 0 radical (unpaired) electrons. The number of rotatable bonds is 5. The highest BCUT2D eigenvalue weighted by Crippen LogP contribution is 2.12. The van der Waals surface area contributed by atoms with Gasteiger partial charge in [-0.3, -0.25) is 19.3 Å². The molecule has 2 N–H and O–H groups in total. The van der Waals surface area contributed by atoms with Crippen molar-refractivity contribution >= 4 is 23.8 Å². The average Bonchev–Trinajstić information content (AvgIpc) is 2.44. The number of urea groups is 1. The van der Waals surface area contributed by atoms with E-state index in [2.05, 4.69) is 5.32 Å². The first-order valence-electron chi connectivity index (χ1n) is 6.87. The van der Waals surface area contributed by atoms with Gasteiger partial charge in [-0.1, -0.05) is 6.92 Å². The molecule has 0 bridgehead atoms. The van der Waals surface area contributed by atoms with Crippen molar-refractivity contribution in [3.63, 3.8) is 0 Å². The van der Waals surface area contributed by atoms with Gasteiger partial charge in [0.1, 0.15) is 12.6 Å². The van der Waals surface area contributed by atoms with E-state index in [4.69, 9.17) is 5.11 Å². The lowest BCUT2D eigenvalue weighted by atomic mass is 10.0. The van der Waals surface area contributed by atoms with Gasteiger partial charge < -0.3 is 15.3 Å². The minimum atomic E-state index is -1.12. The third-order valence-electron chi connectivity index (χ3n) is 3.64. The van der Waals surface area contributed by atoms with Crippen LogP contribution in [0.15, 0.2) is 0 Å². The molecule has 21 heavy (non-hydrogen) atoms. The van der Waals surface area contributed by atoms with Gasteiger partial charge in [-0.15, -0.1) is 0 Å². The molecule has 4 amide bonds. The minimum Gasteiger partial charge on any atom is -0.480 e. The normalized spacial score (nSPS) is 20.1. The molecule has 2 atom stereocenters. The van der Waals surface area contributed by atoms with E-state index in [1.165, 1.54) is 11.9 Å². The smallest absolute Gasteiger partial charge is 0.323 e. The van der Waals surface area contributed by atoms with Crippen molar-refractivity contribution in [1.29, 1.82) is 0 Å². The molecule has 0 spiro atoms. The Kier molecular flexibility index (Phi) is 5.69. The highest BCUT2D eigenvalue weighted by Gasteiger charge is 2.34. The zero-order valence-electron chi connectivity index (χ0n) is 12.5. The number of carbonyl (C=O) groups excluding carboxylic acids is 3. The fraction of sp³-hybridized carbons (Fsp3) is 0.692. The molecule has 8 nitrogen and oxygen atoms in total. The highest BCUT2D eigenvalue weighted by molar-refractivity contribution is 6.01. The van der Waals surface area contributed by atoms with Crippen LogP contribution in [0, 0.1) is 0 Å². The number of hydrogen-bond acceptors (Lipinski definition) is 4. The van der Waals surface area contributed by atoms with Crippen LogP contribution in [0.4, 0.5) is 4.79 Å². The molecule has 1 saturated heterocycles. The summed E-state index contributed by atoms with van der Waals surface area (Å²) in [7, 11) is 1.37. The summed E-state index contributed by atoms with van der Waals surface area (Å²) in [5, 5.41) is 11.4. The lowest BCUT2D eigenvalue weighted by Gasteiger charge is -2.32. The maximum absolute atomic E-state index is 12.2. The lowest BCUT2D eigenvalue weighted by molar-refractivity contribution is -0.147. The molecule has 8 heteroatoms. The molecule has 0 aliphatic carbocycles. The Morgan fingerprint density at radius 1 is 1.48 bits per heavy atom. The molecule has 118 valence electrons. The zero-order chi connectivity index (χ0) is 16.2. The van der Waals surface area contributed by atoms with Gasteiger partial charge in [-0.05, 0) is 19.8 Å². The number of piperidine rings is 1. The lowest BCUT2D eigenvalue weighted by Crippen LogP contribution is -2.57. The molecule has 0 aromatic heterocycles. The molecular formula is C13H21N3O5. The Morgan fingerprint density at radius 3 is 2.62 bits per heavy atom. The molecule has 1 aliphatic rings. The van der Waals surface area contributed by atoms with Crippen LogP contribution in [0.25, 0.3) is 0 Å². The van der Waals surface area contributed by atoms with E-state index >= 15 is 0 Å². The summed E-state index contributed by atoms with van der Waals surface area (Å²) in [6, 6.07) is -1.66. The second-order valence-corrected chi connectivity index (χ2v) is 5.11. The van der Waals surface area contributed by atoms with Crippen LogP contribution in [0.1, 0.15) is 33.1 Å². The van der Waals surface area contributed by atoms with Crippen molar-refractivity contribution < 1.29 is 24.3 Å². The van der Waals surface area contributed by atoms with E-state index in [0.29, 0.717) is 6.42 Å². The Bertz CT molecular complexity index is 451. The van der Waals surface area contributed by atoms with Crippen LogP contribution in [0.5, 0.6) is 0 Å². The molecular weight excluding hydrogens is 278 g/mol. The van der Waals surface area contributed by atoms with Crippen LogP contribution in [-0.4, -0.2) is 64.4 Å². The van der Waals surface area contributed by atoms with Gasteiger partial charge >= 0.3 is 12.0 Å². The van der Waals surface area contributed by atoms with Gasteiger partial charge in [0.15, 0.2) is 0 Å². The molecule has 2 unspecified atom stereocenters. The Labute approximate surface area is 123 Å². The standard InChI is InChI=1S/C13H21N3O5/c1-4-8(2)16(7-11(18)19)13(21)14-9-5-6-10(17)15(3)12(9)20/h8-9H,4-7H2,1-3H3,(H,14,21)(H,18,19). The number of carboxylic acids is 1. The van der Waals surface area contributed by atoms with Crippen molar-refractivity contribution in [3.05, 3.63) is 0 Å². The molecule has 1 rings (SSSR count). The number of hydrogen-bond donors (Lipinski definition) is 2. The largest absolute Gasteiger partial charge is 0.480 e. The summed E-state index contributed by atoms with van der Waals surface area (Å²) in [5.74, 6) is -1.87. The van der Waals surface area contributed by atoms with E-state index in [1.807, 2.05) is 6.92 Å². The molecule has 0 saturated carbocycles. The third kappa shape index (κ3) is 4.17. The van der Waals surface area contributed by atoms with Gasteiger partial charge in [0.25, 0.3) is 5.91 Å². The molecule has 0 aromatic rings. The van der Waals surface area contributed by atoms with E-state index in [9.17, 15) is 19.2 Å². The predicted octanol–water partition coefficient (Wildman–Crippen LogP) is 0.0285. The summed E-state index contributed by atoms with van der Waals surface area (Å²) in [6.45, 7) is 3.14. The van der Waals surface area contributed by atoms with Crippen LogP contribution in [-0.2, 0) is 14.4 Å². The highest BCUT2D eigenvalue weighted by atomic mass is 16.4. The summed E-state index contributed by atoms with van der Waals surface area (Å²) in [4.78, 5) is 48.5. The minimum absolute atomic E-state index is 0.176. The van der Waals surface area contributed by atoms with Gasteiger partial charge in [-0.2, -0.15) is 0 Å². The number of carbonyl (C=O) groups is 4. The van der Waals surface area contributed by atoms with Gasteiger partial charge in [-0.25, -0.2) is 4.79 Å². The first-order chi connectivity index (χ1) is 9.77. The quantitative estimate of drug-likeness (QED) is 0.696. The summed E-state index contributed by atoms with van der Waals surface area (Å²) >= 11 is 0. The van der Waals surface area contributed by atoms with Crippen molar-refractivity contribution in [2.24, 2.45) is 0 Å². The second-order valence-electron chi connectivity index (χ2n) is 5.11. The number of nitrogens with one attached hydrogen (secondary N) is 1. The Balaban J connectivity index is 2.74. The average molecular weight is 299 g/mol. The molecule has 1 fully saturated rings. The number of likely N-dealkylation sites (N-methyl/N-ethyl adjacent to an activating group) is 1. The Morgan fingerprint density at radius 2 is 2.10 bits per heavy atom. The molecule has 1 heterocycles.